The number of hydrogen-bond donors (Lipinski definition) is 2. The van der Waals surface area contributed by atoms with Crippen LogP contribution in [0.1, 0.15) is 19.4 Å². The highest BCUT2D eigenvalue weighted by atomic mass is 32.2. The van der Waals surface area contributed by atoms with Gasteiger partial charge in [-0.25, -0.2) is 4.72 Å². The first-order chi connectivity index (χ1) is 6.18. The Morgan fingerprint density at radius 1 is 1.31 bits per heavy atom. The van der Waals surface area contributed by atoms with Crippen LogP contribution in [0.2, 0.25) is 0 Å². The fourth-order valence-corrected chi connectivity index (χ4v) is 1.45. The number of aryl methyl sites for hydroxylation is 1. The molecule has 3 heteroatoms. The van der Waals surface area contributed by atoms with Crippen molar-refractivity contribution in [3.8, 4) is 0 Å². The number of benzene rings is 1. The first-order valence-corrected chi connectivity index (χ1v) is 5.24. The van der Waals surface area contributed by atoms with Gasteiger partial charge in [0.25, 0.3) is 0 Å². The first-order valence-electron chi connectivity index (χ1n) is 4.42. The Kier molecular flexibility index (Phi) is 4.12. The molecule has 0 saturated carbocycles. The average Bonchev–Trinajstić information content (AvgIpc) is 2.03. The second-order valence-corrected chi connectivity index (χ2v) is 3.99. The van der Waals surface area contributed by atoms with Gasteiger partial charge in [-0.3, -0.25) is 0 Å². The van der Waals surface area contributed by atoms with Gasteiger partial charge < -0.3 is 4.72 Å². The van der Waals surface area contributed by atoms with Crippen LogP contribution in [0.25, 0.3) is 0 Å². The van der Waals surface area contributed by atoms with Gasteiger partial charge in [0.1, 0.15) is 0 Å². The predicted octanol–water partition coefficient (Wildman–Crippen LogP) is 2.97. The van der Waals surface area contributed by atoms with Crippen molar-refractivity contribution in [3.63, 3.8) is 0 Å². The van der Waals surface area contributed by atoms with Gasteiger partial charge in [0, 0.05) is 23.9 Å². The Bertz CT molecular complexity index is 261. The summed E-state index contributed by atoms with van der Waals surface area (Å²) < 4.78 is 6.44. The monoisotopic (exact) mass is 196 g/mol. The summed E-state index contributed by atoms with van der Waals surface area (Å²) in [5, 5.41) is 0. The van der Waals surface area contributed by atoms with Gasteiger partial charge in [-0.2, -0.15) is 0 Å². The van der Waals surface area contributed by atoms with Crippen molar-refractivity contribution in [1.29, 1.82) is 0 Å². The summed E-state index contributed by atoms with van der Waals surface area (Å²) in [7, 11) is 0. The fraction of sp³-hybridized carbons (Fsp3) is 0.400. The highest BCUT2D eigenvalue weighted by molar-refractivity contribution is 7.98. The molecule has 1 rings (SSSR count). The lowest BCUT2D eigenvalue weighted by molar-refractivity contribution is 0.772. The molecule has 0 fully saturated rings. The van der Waals surface area contributed by atoms with Crippen molar-refractivity contribution < 1.29 is 0 Å². The van der Waals surface area contributed by atoms with Crippen molar-refractivity contribution in [1.82, 2.24) is 4.72 Å². The zero-order valence-corrected chi connectivity index (χ0v) is 9.11. The molecule has 0 spiro atoms. The molecule has 0 bridgehead atoms. The molecule has 0 saturated heterocycles. The molecule has 72 valence electrons. The van der Waals surface area contributed by atoms with Crippen molar-refractivity contribution in [2.75, 3.05) is 4.72 Å². The molecular formula is C10H16N2S. The zero-order valence-electron chi connectivity index (χ0n) is 8.29. The number of rotatable bonds is 4. The van der Waals surface area contributed by atoms with Crippen LogP contribution in [0.15, 0.2) is 24.3 Å². The van der Waals surface area contributed by atoms with Crippen molar-refractivity contribution in [2.24, 2.45) is 0 Å². The summed E-state index contributed by atoms with van der Waals surface area (Å²) in [5.74, 6) is 0. The maximum absolute atomic E-state index is 3.22. The number of hydrogen-bond acceptors (Lipinski definition) is 3. The lowest BCUT2D eigenvalue weighted by atomic mass is 10.2. The lowest BCUT2D eigenvalue weighted by Gasteiger charge is -2.08. The third-order valence-electron chi connectivity index (χ3n) is 1.48. The predicted molar refractivity (Wildman–Crippen MR) is 60.7 cm³/mol. The van der Waals surface area contributed by atoms with E-state index in [4.69, 9.17) is 0 Å². The van der Waals surface area contributed by atoms with Crippen LogP contribution in [0.4, 0.5) is 5.69 Å². The Labute approximate surface area is 84.4 Å². The molecule has 1 aromatic rings. The lowest BCUT2D eigenvalue weighted by Crippen LogP contribution is -2.16. The minimum atomic E-state index is 0.488. The Morgan fingerprint density at radius 3 is 2.69 bits per heavy atom. The van der Waals surface area contributed by atoms with E-state index in [1.165, 1.54) is 17.7 Å². The SMILES string of the molecule is Cc1cccc(NSNC(C)C)c1. The molecule has 0 amide bonds. The highest BCUT2D eigenvalue weighted by Gasteiger charge is 1.93. The van der Waals surface area contributed by atoms with Crippen LogP contribution < -0.4 is 9.44 Å². The van der Waals surface area contributed by atoms with E-state index >= 15 is 0 Å². The van der Waals surface area contributed by atoms with Crippen molar-refractivity contribution >= 4 is 17.8 Å². The fourth-order valence-electron chi connectivity index (χ4n) is 0.915. The minimum Gasteiger partial charge on any atom is -0.317 e. The van der Waals surface area contributed by atoms with Gasteiger partial charge in [0.2, 0.25) is 0 Å². The molecule has 1 aromatic carbocycles. The maximum Gasteiger partial charge on any atom is 0.0454 e. The van der Waals surface area contributed by atoms with E-state index in [9.17, 15) is 0 Å². The van der Waals surface area contributed by atoms with Crippen LogP contribution in [0.3, 0.4) is 0 Å². The second kappa shape index (κ2) is 5.14. The molecule has 0 radical (unpaired) electrons. The molecular weight excluding hydrogens is 180 g/mol. The van der Waals surface area contributed by atoms with Crippen LogP contribution in [-0.4, -0.2) is 6.04 Å². The molecule has 0 aliphatic carbocycles. The van der Waals surface area contributed by atoms with Crippen molar-refractivity contribution in [3.05, 3.63) is 29.8 Å². The standard InChI is InChI=1S/C10H16N2S/c1-8(2)11-13-12-10-6-4-5-9(3)7-10/h4-8,11-12H,1-3H3. The van der Waals surface area contributed by atoms with Crippen LogP contribution in [0, 0.1) is 6.92 Å². The largest absolute Gasteiger partial charge is 0.317 e. The molecule has 13 heavy (non-hydrogen) atoms. The minimum absolute atomic E-state index is 0.488. The molecule has 0 atom stereocenters. The number of nitrogens with one attached hydrogen (secondary N) is 2. The molecule has 2 N–H and O–H groups in total. The van der Waals surface area contributed by atoms with E-state index in [1.54, 1.807) is 0 Å². The molecule has 2 nitrogen and oxygen atoms in total. The topological polar surface area (TPSA) is 24.1 Å². The maximum atomic E-state index is 3.22. The van der Waals surface area contributed by atoms with E-state index in [0.717, 1.165) is 5.69 Å². The quantitative estimate of drug-likeness (QED) is 0.724. The van der Waals surface area contributed by atoms with Crippen LogP contribution >= 0.6 is 12.1 Å². The Morgan fingerprint density at radius 2 is 2.08 bits per heavy atom. The van der Waals surface area contributed by atoms with E-state index in [-0.39, 0.29) is 0 Å². The average molecular weight is 196 g/mol. The van der Waals surface area contributed by atoms with Crippen molar-refractivity contribution in [2.45, 2.75) is 26.8 Å². The first kappa shape index (κ1) is 10.4. The highest BCUT2D eigenvalue weighted by Crippen LogP contribution is 2.12. The summed E-state index contributed by atoms with van der Waals surface area (Å²) in [6, 6.07) is 8.80. The van der Waals surface area contributed by atoms with Gasteiger partial charge >= 0.3 is 0 Å². The van der Waals surface area contributed by atoms with E-state index < -0.39 is 0 Å². The zero-order chi connectivity index (χ0) is 9.68. The molecule has 0 unspecified atom stereocenters. The van der Waals surface area contributed by atoms with E-state index in [0.29, 0.717) is 6.04 Å². The van der Waals surface area contributed by atoms with E-state index in [2.05, 4.69) is 48.4 Å². The van der Waals surface area contributed by atoms with Gasteiger partial charge in [-0.15, -0.1) is 0 Å². The smallest absolute Gasteiger partial charge is 0.0454 e. The Balaban J connectivity index is 2.37. The van der Waals surface area contributed by atoms with Gasteiger partial charge in [-0.05, 0) is 38.5 Å². The number of anilines is 1. The normalized spacial score (nSPS) is 10.5. The van der Waals surface area contributed by atoms with E-state index in [1.807, 2.05) is 6.07 Å². The Hall–Kier alpha value is -0.670. The van der Waals surface area contributed by atoms with Gasteiger partial charge in [-0.1, -0.05) is 12.1 Å². The van der Waals surface area contributed by atoms with Crippen LogP contribution in [0.5, 0.6) is 0 Å². The third kappa shape index (κ3) is 4.20. The summed E-state index contributed by atoms with van der Waals surface area (Å²) in [6.45, 7) is 6.32. The summed E-state index contributed by atoms with van der Waals surface area (Å²) in [6.07, 6.45) is 0. The molecule has 0 heterocycles. The molecule has 0 aromatic heterocycles. The van der Waals surface area contributed by atoms with Gasteiger partial charge in [0.15, 0.2) is 0 Å². The summed E-state index contributed by atoms with van der Waals surface area (Å²) in [4.78, 5) is 0. The summed E-state index contributed by atoms with van der Waals surface area (Å²) >= 11 is 1.52. The van der Waals surface area contributed by atoms with Crippen LogP contribution in [-0.2, 0) is 0 Å². The second-order valence-electron chi connectivity index (χ2n) is 3.35. The van der Waals surface area contributed by atoms with Gasteiger partial charge in [0.05, 0.1) is 0 Å². The summed E-state index contributed by atoms with van der Waals surface area (Å²) in [5.41, 5.74) is 2.41. The molecule has 0 aliphatic rings. The third-order valence-corrected chi connectivity index (χ3v) is 2.41. The molecule has 0 aliphatic heterocycles.